The van der Waals surface area contributed by atoms with Crippen LogP contribution in [0, 0.1) is 5.92 Å². The van der Waals surface area contributed by atoms with Gasteiger partial charge in [0, 0.05) is 19.5 Å². The molecule has 0 saturated carbocycles. The van der Waals surface area contributed by atoms with E-state index >= 15 is 0 Å². The average Bonchev–Trinajstić information content (AvgIpc) is 2.89. The summed E-state index contributed by atoms with van der Waals surface area (Å²) < 4.78 is 29.7. The van der Waals surface area contributed by atoms with Gasteiger partial charge in [-0.15, -0.1) is 0 Å². The van der Waals surface area contributed by atoms with Crippen molar-refractivity contribution in [1.29, 1.82) is 0 Å². The molecule has 23 N–H and O–H groups in total. The number of hydrogen-bond acceptors (Lipinski definition) is 19. The summed E-state index contributed by atoms with van der Waals surface area (Å²) in [5, 5.41) is 46.6. The first-order chi connectivity index (χ1) is 42.3. The lowest BCUT2D eigenvalue weighted by Crippen LogP contribution is -2.63. The molecule has 89 heavy (non-hydrogen) atoms. The molecule has 490 valence electrons. The van der Waals surface area contributed by atoms with E-state index in [1.54, 1.807) is 80.6 Å². The minimum absolute atomic E-state index is 0.0289. The number of amides is 10. The molecule has 10 amide bonds. The van der Waals surface area contributed by atoms with Crippen LogP contribution in [0.15, 0.2) is 89.8 Å². The van der Waals surface area contributed by atoms with Gasteiger partial charge >= 0.3 is 0 Å². The normalized spacial score (nSPS) is 22.2. The highest BCUT2D eigenvalue weighted by Crippen LogP contribution is 2.23. The maximum atomic E-state index is 14.5. The van der Waals surface area contributed by atoms with Crippen molar-refractivity contribution in [2.24, 2.45) is 34.6 Å². The second kappa shape index (κ2) is 36.5. The van der Waals surface area contributed by atoms with Gasteiger partial charge in [-0.05, 0) is 113 Å². The van der Waals surface area contributed by atoms with Crippen molar-refractivity contribution < 1.29 is 66.6 Å². The number of nitrogens with two attached hydrogens (primary N) is 5. The van der Waals surface area contributed by atoms with E-state index in [0.29, 0.717) is 16.7 Å². The van der Waals surface area contributed by atoms with E-state index in [1.165, 1.54) is 25.1 Å². The van der Waals surface area contributed by atoms with Crippen molar-refractivity contribution in [3.8, 4) is 11.1 Å². The molecule has 1 aliphatic rings. The lowest BCUT2D eigenvalue weighted by molar-refractivity contribution is -0.136. The molecule has 31 heteroatoms. The highest BCUT2D eigenvalue weighted by atomic mass is 32.2. The zero-order valence-electron chi connectivity index (χ0n) is 50.4. The van der Waals surface area contributed by atoms with Crippen LogP contribution in [0.2, 0.25) is 0 Å². The van der Waals surface area contributed by atoms with Gasteiger partial charge in [0.15, 0.2) is 0 Å². The fourth-order valence-electron chi connectivity index (χ4n) is 9.37. The Morgan fingerprint density at radius 1 is 0.562 bits per heavy atom. The van der Waals surface area contributed by atoms with E-state index < -0.39 is 161 Å². The molecule has 3 aromatic rings. The Morgan fingerprint density at radius 2 is 1.07 bits per heavy atom. The molecule has 12 atom stereocenters. The third kappa shape index (κ3) is 23.1. The number of benzene rings is 3. The van der Waals surface area contributed by atoms with Crippen LogP contribution in [-0.2, 0) is 64.4 Å². The van der Waals surface area contributed by atoms with Crippen LogP contribution in [-0.4, -0.2) is 190 Å². The van der Waals surface area contributed by atoms with Gasteiger partial charge < -0.3 is 92.0 Å². The van der Waals surface area contributed by atoms with Crippen LogP contribution >= 0.6 is 0 Å². The Bertz CT molecular complexity index is 2980. The summed E-state index contributed by atoms with van der Waals surface area (Å²) >= 11 is 0. The predicted molar refractivity (Wildman–Crippen MR) is 328 cm³/mol. The Morgan fingerprint density at radius 3 is 1.60 bits per heavy atom. The van der Waals surface area contributed by atoms with Crippen LogP contribution in [0.3, 0.4) is 0 Å². The highest BCUT2D eigenvalue weighted by molar-refractivity contribution is 7.89. The maximum Gasteiger partial charge on any atom is 0.245 e. The topological polar surface area (TPSA) is 508 Å². The number of rotatable bonds is 25. The smallest absolute Gasteiger partial charge is 0.245 e. The van der Waals surface area contributed by atoms with Crippen LogP contribution < -0.4 is 86.6 Å². The second-order valence-electron chi connectivity index (χ2n) is 21.9. The Labute approximate surface area is 517 Å². The van der Waals surface area contributed by atoms with E-state index in [9.17, 15) is 66.6 Å². The summed E-state index contributed by atoms with van der Waals surface area (Å²) in [7, 11) is -4.43. The molecule has 0 aromatic heterocycles. The second-order valence-corrected chi connectivity index (χ2v) is 23.6. The molecule has 1 saturated heterocycles. The maximum absolute atomic E-state index is 14.5. The minimum Gasteiger partial charge on any atom is -0.391 e. The first-order valence-electron chi connectivity index (χ1n) is 29.4. The first-order valence-corrected chi connectivity index (χ1v) is 30.8. The van der Waals surface area contributed by atoms with E-state index in [-0.39, 0.29) is 75.5 Å². The zero-order chi connectivity index (χ0) is 66.0. The summed E-state index contributed by atoms with van der Waals surface area (Å²) in [6.45, 7) is 3.95. The largest absolute Gasteiger partial charge is 0.391 e. The number of aliphatic hydroxyl groups is 2. The van der Waals surface area contributed by atoms with Crippen LogP contribution in [0.1, 0.15) is 71.8 Å². The molecular formula is C58H88N16O14S. The molecule has 0 radical (unpaired) electrons. The molecule has 0 bridgehead atoms. The van der Waals surface area contributed by atoms with Crippen LogP contribution in [0.25, 0.3) is 11.1 Å². The van der Waals surface area contributed by atoms with Gasteiger partial charge in [-0.3, -0.25) is 47.9 Å². The quantitative estimate of drug-likeness (QED) is 0.0376. The fraction of sp³-hybridized carbons (Fsp3) is 0.517. The molecular weight excluding hydrogens is 1180 g/mol. The van der Waals surface area contributed by atoms with Crippen LogP contribution in [0.5, 0.6) is 0 Å². The van der Waals surface area contributed by atoms with Crippen molar-refractivity contribution in [2.75, 3.05) is 39.3 Å². The third-order valence-electron chi connectivity index (χ3n) is 14.2. The van der Waals surface area contributed by atoms with Gasteiger partial charge in [0.1, 0.15) is 60.4 Å². The predicted octanol–water partition coefficient (Wildman–Crippen LogP) is -5.71. The van der Waals surface area contributed by atoms with E-state index in [2.05, 4.69) is 57.9 Å². The molecule has 1 aliphatic heterocycles. The Kier molecular flexibility index (Phi) is 30.1. The number of nitrogens with one attached hydrogen (secondary N) is 11. The summed E-state index contributed by atoms with van der Waals surface area (Å²) in [5.74, 6) is -10.2. The van der Waals surface area contributed by atoms with Gasteiger partial charge in [-0.2, -0.15) is 4.72 Å². The van der Waals surface area contributed by atoms with Crippen molar-refractivity contribution >= 4 is 69.1 Å². The average molecular weight is 1270 g/mol. The number of carbonyl (C=O) groups is 10. The SMILES string of the molecule is CC(C)C[C@@H]1NC(=O)[C@@H](Cc2ccccc2)NC(=O)[C@H](CCN)NC(=O)[C@@H](NC(=O)[C@H](CN)NC(=O)[C@@H](NC(=O)[C@H](CCN)NS(=O)(=O)c2cccc(-c3ccccc3)c2)[C@@H](C)O)CCNC(=O)[C@H]([C@@H](C)O)NC(=O)[C@H](CCN)NC(=O)[C@H](CCN)NC1=O. The Balaban J connectivity index is 1.69. The summed E-state index contributed by atoms with van der Waals surface area (Å²) in [4.78, 5) is 141. The first kappa shape index (κ1) is 73.5. The molecule has 30 nitrogen and oxygen atoms in total. The summed E-state index contributed by atoms with van der Waals surface area (Å²) in [6.07, 6.45) is -4.78. The Hall–Kier alpha value is -8.01. The van der Waals surface area contributed by atoms with Crippen molar-refractivity contribution in [3.63, 3.8) is 0 Å². The van der Waals surface area contributed by atoms with Gasteiger partial charge in [0.25, 0.3) is 0 Å². The molecule has 0 aliphatic carbocycles. The van der Waals surface area contributed by atoms with E-state index in [4.69, 9.17) is 28.7 Å². The van der Waals surface area contributed by atoms with E-state index in [0.717, 1.165) is 6.92 Å². The lowest BCUT2D eigenvalue weighted by Gasteiger charge is -2.28. The highest BCUT2D eigenvalue weighted by Gasteiger charge is 2.38. The monoisotopic (exact) mass is 1260 g/mol. The van der Waals surface area contributed by atoms with Crippen molar-refractivity contribution in [3.05, 3.63) is 90.5 Å². The molecule has 1 fully saturated rings. The third-order valence-corrected chi connectivity index (χ3v) is 15.7. The number of sulfonamides is 1. The number of carbonyl (C=O) groups excluding carboxylic acids is 10. The lowest BCUT2D eigenvalue weighted by atomic mass is 10.00. The molecule has 3 aromatic carbocycles. The van der Waals surface area contributed by atoms with E-state index in [1.807, 2.05) is 0 Å². The van der Waals surface area contributed by atoms with Gasteiger partial charge in [0.2, 0.25) is 69.1 Å². The number of aliphatic hydroxyl groups excluding tert-OH is 2. The molecule has 4 rings (SSSR count). The van der Waals surface area contributed by atoms with Gasteiger partial charge in [-0.25, -0.2) is 8.42 Å². The molecule has 0 unspecified atom stereocenters. The van der Waals surface area contributed by atoms with Crippen molar-refractivity contribution in [2.45, 2.75) is 150 Å². The van der Waals surface area contributed by atoms with Gasteiger partial charge in [-0.1, -0.05) is 86.6 Å². The summed E-state index contributed by atoms with van der Waals surface area (Å²) in [5.41, 5.74) is 31.3. The molecule has 1 heterocycles. The fourth-order valence-corrected chi connectivity index (χ4v) is 10.6. The minimum atomic E-state index is -4.43. The standard InChI is InChI=1S/C58H88N16O14S/c1-32(2)28-44-54(82)67-39(18-23-59)49(77)66-41(20-25-61)52(80)72-47(33(3)75)57(85)64-27-22-42(51(79)65-40(19-24-60)50(78)70-45(55(83)69-44)29-35-12-7-5-8-13-35)68-56(84)46(31-63)71-58(86)48(34(4)76)73-53(81)43(21-26-62)74-89(87,88)38-17-11-16-37(30-38)36-14-9-6-10-15-36/h5-17,30,32-34,39-48,74-76H,18-29,31,59-63H2,1-4H3,(H,64,85)(H,65,79)(H,66,77)(H,67,82)(H,68,84)(H,69,83)(H,70,78)(H,71,86)(H,72,80)(H,73,81)/t33-,34-,39+,40+,41+,42+,43+,44+,45-,46+,47+,48+/m1/s1. The number of hydrogen-bond donors (Lipinski definition) is 18. The zero-order valence-corrected chi connectivity index (χ0v) is 51.2. The van der Waals surface area contributed by atoms with Gasteiger partial charge in [0.05, 0.1) is 17.1 Å². The molecule has 0 spiro atoms. The van der Waals surface area contributed by atoms with Crippen molar-refractivity contribution in [1.82, 2.24) is 57.9 Å². The summed E-state index contributed by atoms with van der Waals surface area (Å²) in [6, 6.07) is 7.56. The van der Waals surface area contributed by atoms with Crippen LogP contribution in [0.4, 0.5) is 0 Å².